The van der Waals surface area contributed by atoms with E-state index in [2.05, 4.69) is 15.0 Å². The van der Waals surface area contributed by atoms with Crippen LogP contribution in [0.4, 0.5) is 21.2 Å². The zero-order valence-corrected chi connectivity index (χ0v) is 12.1. The standard InChI is InChI=1S/C8H12ClN11O3/c9-2-4(20(15)8(13)23)17-3(19(14)7(12)22)1(16-2)5(21)18-6(10)11/h14-15H2,(H2,12,22)(H2,13,23)(H4,10,11,18,21). The molecule has 23 heavy (non-hydrogen) atoms. The molecule has 14 nitrogen and oxygen atoms in total. The average Bonchev–Trinajstić information content (AvgIpc) is 2.44. The van der Waals surface area contributed by atoms with E-state index in [4.69, 9.17) is 46.2 Å². The fourth-order valence-corrected chi connectivity index (χ4v) is 1.46. The molecule has 12 N–H and O–H groups in total. The number of urea groups is 2. The molecule has 0 fully saturated rings. The summed E-state index contributed by atoms with van der Waals surface area (Å²) in [5.74, 6) is 7.89. The van der Waals surface area contributed by atoms with Crippen molar-refractivity contribution in [2.45, 2.75) is 0 Å². The van der Waals surface area contributed by atoms with Crippen LogP contribution in [-0.2, 0) is 0 Å². The molecule has 0 atom stereocenters. The largest absolute Gasteiger partial charge is 0.370 e. The zero-order valence-electron chi connectivity index (χ0n) is 11.3. The summed E-state index contributed by atoms with van der Waals surface area (Å²) in [6, 6.07) is -2.37. The van der Waals surface area contributed by atoms with Gasteiger partial charge in [0.25, 0.3) is 0 Å². The Morgan fingerprint density at radius 3 is 1.83 bits per heavy atom. The fourth-order valence-electron chi connectivity index (χ4n) is 1.24. The number of nitrogens with two attached hydrogens (primary N) is 6. The monoisotopic (exact) mass is 345 g/mol. The molecule has 1 rings (SSSR count). The van der Waals surface area contributed by atoms with Crippen molar-refractivity contribution < 1.29 is 14.4 Å². The number of hydrazine groups is 2. The lowest BCUT2D eigenvalue weighted by atomic mass is 10.3. The third-order valence-corrected chi connectivity index (χ3v) is 2.44. The van der Waals surface area contributed by atoms with Gasteiger partial charge in [-0.05, 0) is 0 Å². The summed E-state index contributed by atoms with van der Waals surface area (Å²) in [6.07, 6.45) is 0. The predicted molar refractivity (Wildman–Crippen MR) is 79.7 cm³/mol. The highest BCUT2D eigenvalue weighted by Crippen LogP contribution is 2.25. The Labute approximate surface area is 133 Å². The van der Waals surface area contributed by atoms with E-state index in [1.54, 1.807) is 0 Å². The van der Waals surface area contributed by atoms with Crippen molar-refractivity contribution in [1.29, 1.82) is 0 Å². The Morgan fingerprint density at radius 1 is 0.913 bits per heavy atom. The summed E-state index contributed by atoms with van der Waals surface area (Å²) in [4.78, 5) is 44.6. The molecule has 0 saturated carbocycles. The Kier molecular flexibility index (Phi) is 5.18. The van der Waals surface area contributed by atoms with Gasteiger partial charge in [0.1, 0.15) is 0 Å². The number of anilines is 2. The maximum absolute atomic E-state index is 11.9. The number of halogens is 1. The van der Waals surface area contributed by atoms with E-state index < -0.39 is 46.4 Å². The number of rotatable bonds is 3. The molecule has 0 radical (unpaired) electrons. The first-order valence-corrected chi connectivity index (χ1v) is 5.84. The van der Waals surface area contributed by atoms with Crippen LogP contribution >= 0.6 is 11.6 Å². The van der Waals surface area contributed by atoms with Gasteiger partial charge in [0.05, 0.1) is 0 Å². The van der Waals surface area contributed by atoms with Crippen molar-refractivity contribution in [3.8, 4) is 0 Å². The second-order valence-electron chi connectivity index (χ2n) is 3.77. The van der Waals surface area contributed by atoms with Gasteiger partial charge < -0.3 is 22.9 Å². The van der Waals surface area contributed by atoms with Crippen LogP contribution in [-0.4, -0.2) is 33.9 Å². The molecule has 0 spiro atoms. The summed E-state index contributed by atoms with van der Waals surface area (Å²) in [7, 11) is 0. The van der Waals surface area contributed by atoms with Crippen LogP contribution in [0.3, 0.4) is 0 Å². The minimum absolute atomic E-state index is 0.247. The van der Waals surface area contributed by atoms with Gasteiger partial charge in [-0.3, -0.25) is 4.79 Å². The Morgan fingerprint density at radius 2 is 1.39 bits per heavy atom. The molecule has 5 amide bonds. The molecule has 1 heterocycles. The lowest BCUT2D eigenvalue weighted by Crippen LogP contribution is -2.45. The third kappa shape index (κ3) is 3.90. The Hall–Kier alpha value is -3.23. The van der Waals surface area contributed by atoms with Gasteiger partial charge in [0, 0.05) is 0 Å². The number of hydrogen-bond donors (Lipinski definition) is 6. The Bertz CT molecular complexity index is 701. The molecule has 124 valence electrons. The van der Waals surface area contributed by atoms with Crippen LogP contribution in [0.2, 0.25) is 5.15 Å². The molecule has 0 bridgehead atoms. The molecule has 0 aromatic carbocycles. The number of guanidine groups is 1. The highest BCUT2D eigenvalue weighted by atomic mass is 35.5. The summed E-state index contributed by atoms with van der Waals surface area (Å²) in [6.45, 7) is 0. The maximum atomic E-state index is 11.9. The van der Waals surface area contributed by atoms with E-state index in [1.165, 1.54) is 0 Å². The van der Waals surface area contributed by atoms with E-state index in [0.29, 0.717) is 5.01 Å². The van der Waals surface area contributed by atoms with Crippen LogP contribution in [0.1, 0.15) is 10.5 Å². The highest BCUT2D eigenvalue weighted by Gasteiger charge is 2.26. The smallest absolute Gasteiger partial charge is 0.335 e. The van der Waals surface area contributed by atoms with Crippen molar-refractivity contribution in [1.82, 2.24) is 9.97 Å². The van der Waals surface area contributed by atoms with Crippen molar-refractivity contribution in [2.24, 2.45) is 39.6 Å². The minimum Gasteiger partial charge on any atom is -0.370 e. The topological polar surface area (TPSA) is 252 Å². The number of hydrogen-bond acceptors (Lipinski definition) is 7. The number of carbonyl (C=O) groups excluding carboxylic acids is 3. The lowest BCUT2D eigenvalue weighted by molar-refractivity contribution is 0.0998. The van der Waals surface area contributed by atoms with Gasteiger partial charge >= 0.3 is 18.0 Å². The predicted octanol–water partition coefficient (Wildman–Crippen LogP) is -2.94. The molecule has 0 aliphatic carbocycles. The number of primary amides is 2. The minimum atomic E-state index is -1.21. The molecule has 1 aromatic rings. The summed E-state index contributed by atoms with van der Waals surface area (Å²) in [5.41, 5.74) is 19.5. The quantitative estimate of drug-likeness (QED) is 0.107. The SMILES string of the molecule is NC(=O)N(N)c1nc(N(N)C(N)=O)c(C(=O)N=C(N)N)nc1Cl. The summed E-state index contributed by atoms with van der Waals surface area (Å²) < 4.78 is 0. The first-order valence-electron chi connectivity index (χ1n) is 5.46. The van der Waals surface area contributed by atoms with Gasteiger partial charge in [-0.1, -0.05) is 11.6 Å². The van der Waals surface area contributed by atoms with Crippen molar-refractivity contribution in [3.63, 3.8) is 0 Å². The van der Waals surface area contributed by atoms with Crippen molar-refractivity contribution >= 4 is 47.2 Å². The number of amides is 5. The van der Waals surface area contributed by atoms with E-state index in [1.807, 2.05) is 0 Å². The fraction of sp³-hybridized carbons (Fsp3) is 0. The van der Waals surface area contributed by atoms with E-state index >= 15 is 0 Å². The van der Waals surface area contributed by atoms with Gasteiger partial charge in [0.15, 0.2) is 28.4 Å². The van der Waals surface area contributed by atoms with Crippen molar-refractivity contribution in [3.05, 3.63) is 10.8 Å². The van der Waals surface area contributed by atoms with Gasteiger partial charge in [-0.2, -0.15) is 4.99 Å². The highest BCUT2D eigenvalue weighted by molar-refractivity contribution is 6.32. The number of aromatic nitrogens is 2. The first kappa shape index (κ1) is 17.8. The number of nitrogens with zero attached hydrogens (tertiary/aromatic N) is 5. The summed E-state index contributed by atoms with van der Waals surface area (Å²) in [5, 5.41) is 0.0432. The summed E-state index contributed by atoms with van der Waals surface area (Å²) >= 11 is 5.76. The van der Waals surface area contributed by atoms with Gasteiger partial charge in [0.2, 0.25) is 0 Å². The number of aliphatic imine (C=N–C) groups is 1. The van der Waals surface area contributed by atoms with Crippen LogP contribution in [0.15, 0.2) is 4.99 Å². The number of carbonyl (C=O) groups is 3. The van der Waals surface area contributed by atoms with Crippen molar-refractivity contribution in [2.75, 3.05) is 10.0 Å². The molecular weight excluding hydrogens is 334 g/mol. The molecule has 0 unspecified atom stereocenters. The Balaban J connectivity index is 3.61. The first-order chi connectivity index (χ1) is 10.6. The normalized spacial score (nSPS) is 9.87. The zero-order chi connectivity index (χ0) is 17.9. The van der Waals surface area contributed by atoms with E-state index in [9.17, 15) is 14.4 Å². The molecule has 1 aromatic heterocycles. The second-order valence-corrected chi connectivity index (χ2v) is 4.13. The molecule has 0 aliphatic heterocycles. The van der Waals surface area contributed by atoms with Crippen LogP contribution in [0.25, 0.3) is 0 Å². The van der Waals surface area contributed by atoms with Crippen LogP contribution < -0.4 is 44.6 Å². The van der Waals surface area contributed by atoms with E-state index in [-0.39, 0.29) is 5.01 Å². The van der Waals surface area contributed by atoms with E-state index in [0.717, 1.165) is 0 Å². The maximum Gasteiger partial charge on any atom is 0.335 e. The van der Waals surface area contributed by atoms with Gasteiger partial charge in [-0.25, -0.2) is 41.3 Å². The molecular formula is C8H12ClN11O3. The van der Waals surface area contributed by atoms with Crippen LogP contribution in [0.5, 0.6) is 0 Å². The molecule has 0 saturated heterocycles. The van der Waals surface area contributed by atoms with Gasteiger partial charge in [-0.15, -0.1) is 0 Å². The molecule has 0 aliphatic rings. The lowest BCUT2D eigenvalue weighted by Gasteiger charge is -2.19. The average molecular weight is 346 g/mol. The van der Waals surface area contributed by atoms with Crippen LogP contribution in [0, 0.1) is 0 Å². The molecule has 15 heteroatoms. The third-order valence-electron chi connectivity index (χ3n) is 2.18. The second kappa shape index (κ2) is 6.69.